The summed E-state index contributed by atoms with van der Waals surface area (Å²) < 4.78 is 10.0. The Balaban J connectivity index is 3.10. The normalized spacial score (nSPS) is 10.1. The van der Waals surface area contributed by atoms with E-state index in [4.69, 9.17) is 9.47 Å². The fraction of sp³-hybridized carbons (Fsp3) is 0.167. The van der Waals surface area contributed by atoms with Crippen molar-refractivity contribution in [2.24, 2.45) is 0 Å². The van der Waals surface area contributed by atoms with Crippen LogP contribution in [0.25, 0.3) is 6.08 Å². The van der Waals surface area contributed by atoms with Crippen molar-refractivity contribution < 1.29 is 19.1 Å². The molecule has 0 aliphatic carbocycles. The zero-order chi connectivity index (χ0) is 12.0. The number of rotatable bonds is 4. The van der Waals surface area contributed by atoms with Crippen LogP contribution in [-0.4, -0.2) is 19.4 Å². The first-order valence-corrected chi connectivity index (χ1v) is 4.65. The van der Waals surface area contributed by atoms with Gasteiger partial charge in [-0.1, -0.05) is 0 Å². The molecule has 0 fully saturated rings. The molecule has 0 radical (unpaired) electrons. The SMILES string of the molecule is COc1ccc(OC(C)=O)c(/C=C/C=O)c1. The summed E-state index contributed by atoms with van der Waals surface area (Å²) in [6, 6.07) is 4.97. The summed E-state index contributed by atoms with van der Waals surface area (Å²) in [4.78, 5) is 21.1. The highest BCUT2D eigenvalue weighted by Gasteiger charge is 2.05. The summed E-state index contributed by atoms with van der Waals surface area (Å²) in [6.45, 7) is 1.32. The Hall–Kier alpha value is -2.10. The molecule has 0 atom stereocenters. The molecule has 0 aromatic heterocycles. The fourth-order valence-corrected chi connectivity index (χ4v) is 1.17. The van der Waals surface area contributed by atoms with Gasteiger partial charge in [-0.05, 0) is 30.4 Å². The number of esters is 1. The molecule has 0 aliphatic rings. The van der Waals surface area contributed by atoms with E-state index in [-0.39, 0.29) is 0 Å². The lowest BCUT2D eigenvalue weighted by atomic mass is 10.1. The minimum Gasteiger partial charge on any atom is -0.497 e. The summed E-state index contributed by atoms with van der Waals surface area (Å²) in [5.41, 5.74) is 0.613. The van der Waals surface area contributed by atoms with E-state index < -0.39 is 5.97 Å². The second kappa shape index (κ2) is 5.70. The van der Waals surface area contributed by atoms with Crippen molar-refractivity contribution in [2.75, 3.05) is 7.11 Å². The Morgan fingerprint density at radius 2 is 2.12 bits per heavy atom. The van der Waals surface area contributed by atoms with Crippen LogP contribution in [-0.2, 0) is 9.59 Å². The van der Waals surface area contributed by atoms with Gasteiger partial charge in [-0.15, -0.1) is 0 Å². The van der Waals surface area contributed by atoms with Crippen LogP contribution in [0.4, 0.5) is 0 Å². The summed E-state index contributed by atoms with van der Waals surface area (Å²) in [5, 5.41) is 0. The highest BCUT2D eigenvalue weighted by Crippen LogP contribution is 2.25. The number of hydrogen-bond donors (Lipinski definition) is 0. The van der Waals surface area contributed by atoms with Gasteiger partial charge in [0.25, 0.3) is 0 Å². The van der Waals surface area contributed by atoms with Gasteiger partial charge in [0.1, 0.15) is 17.8 Å². The van der Waals surface area contributed by atoms with Crippen molar-refractivity contribution in [1.29, 1.82) is 0 Å². The average molecular weight is 220 g/mol. The van der Waals surface area contributed by atoms with Crippen molar-refractivity contribution >= 4 is 18.3 Å². The summed E-state index contributed by atoms with van der Waals surface area (Å²) in [6.07, 6.45) is 3.52. The average Bonchev–Trinajstić information content (AvgIpc) is 2.27. The molecule has 4 nitrogen and oxygen atoms in total. The fourth-order valence-electron chi connectivity index (χ4n) is 1.17. The molecular formula is C12H12O4. The predicted octanol–water partition coefficient (Wildman–Crippen LogP) is 1.83. The third-order valence-electron chi connectivity index (χ3n) is 1.82. The monoisotopic (exact) mass is 220 g/mol. The lowest BCUT2D eigenvalue weighted by molar-refractivity contribution is -0.131. The molecule has 4 heteroatoms. The number of methoxy groups -OCH3 is 1. The Kier molecular flexibility index (Phi) is 4.27. The van der Waals surface area contributed by atoms with E-state index in [0.717, 1.165) is 0 Å². The van der Waals surface area contributed by atoms with Gasteiger partial charge in [-0.2, -0.15) is 0 Å². The van der Waals surface area contributed by atoms with E-state index in [2.05, 4.69) is 0 Å². The van der Waals surface area contributed by atoms with Gasteiger partial charge in [0.2, 0.25) is 0 Å². The van der Waals surface area contributed by atoms with Gasteiger partial charge in [-0.25, -0.2) is 0 Å². The molecule has 1 aromatic rings. The van der Waals surface area contributed by atoms with Crippen LogP contribution in [0.3, 0.4) is 0 Å². The van der Waals surface area contributed by atoms with Gasteiger partial charge in [0, 0.05) is 12.5 Å². The van der Waals surface area contributed by atoms with Crippen LogP contribution in [0.1, 0.15) is 12.5 Å². The lowest BCUT2D eigenvalue weighted by Crippen LogP contribution is -2.02. The molecule has 16 heavy (non-hydrogen) atoms. The molecular weight excluding hydrogens is 208 g/mol. The number of allylic oxidation sites excluding steroid dienone is 1. The third-order valence-corrected chi connectivity index (χ3v) is 1.82. The number of ether oxygens (including phenoxy) is 2. The van der Waals surface area contributed by atoms with Crippen molar-refractivity contribution in [3.8, 4) is 11.5 Å². The zero-order valence-corrected chi connectivity index (χ0v) is 9.10. The van der Waals surface area contributed by atoms with Gasteiger partial charge in [0.15, 0.2) is 0 Å². The topological polar surface area (TPSA) is 52.6 Å². The number of carbonyl (C=O) groups excluding carboxylic acids is 2. The summed E-state index contributed by atoms with van der Waals surface area (Å²) >= 11 is 0. The van der Waals surface area contributed by atoms with Crippen LogP contribution in [0.2, 0.25) is 0 Å². The third kappa shape index (κ3) is 3.24. The molecule has 0 amide bonds. The molecule has 1 rings (SSSR count). The van der Waals surface area contributed by atoms with E-state index in [1.807, 2.05) is 0 Å². The van der Waals surface area contributed by atoms with Crippen molar-refractivity contribution in [3.63, 3.8) is 0 Å². The quantitative estimate of drug-likeness (QED) is 0.336. The number of hydrogen-bond acceptors (Lipinski definition) is 4. The Morgan fingerprint density at radius 3 is 2.69 bits per heavy atom. The van der Waals surface area contributed by atoms with E-state index in [1.54, 1.807) is 24.3 Å². The second-order valence-corrected chi connectivity index (χ2v) is 2.99. The van der Waals surface area contributed by atoms with Crippen molar-refractivity contribution in [1.82, 2.24) is 0 Å². The minimum atomic E-state index is -0.411. The minimum absolute atomic E-state index is 0.395. The molecule has 0 N–H and O–H groups in total. The Bertz CT molecular complexity index is 421. The smallest absolute Gasteiger partial charge is 0.308 e. The Labute approximate surface area is 93.5 Å². The van der Waals surface area contributed by atoms with Crippen molar-refractivity contribution in [2.45, 2.75) is 6.92 Å². The molecule has 1 aromatic carbocycles. The largest absolute Gasteiger partial charge is 0.497 e. The van der Waals surface area contributed by atoms with Crippen LogP contribution in [0, 0.1) is 0 Å². The van der Waals surface area contributed by atoms with Crippen LogP contribution >= 0.6 is 0 Å². The second-order valence-electron chi connectivity index (χ2n) is 2.99. The molecule has 0 aliphatic heterocycles. The van der Waals surface area contributed by atoms with E-state index in [0.29, 0.717) is 23.3 Å². The first kappa shape index (κ1) is 12.0. The van der Waals surface area contributed by atoms with Gasteiger partial charge >= 0.3 is 5.97 Å². The first-order chi connectivity index (χ1) is 7.67. The predicted molar refractivity (Wildman–Crippen MR) is 59.4 cm³/mol. The van der Waals surface area contributed by atoms with Crippen LogP contribution in [0.5, 0.6) is 11.5 Å². The Morgan fingerprint density at radius 1 is 1.38 bits per heavy atom. The standard InChI is InChI=1S/C12H12O4/c1-9(14)16-12-6-5-11(15-2)8-10(12)4-3-7-13/h3-8H,1-2H3/b4-3+. The number of carbonyl (C=O) groups is 2. The molecule has 0 unspecified atom stereocenters. The highest BCUT2D eigenvalue weighted by molar-refractivity contribution is 5.77. The number of aldehydes is 1. The number of benzene rings is 1. The highest BCUT2D eigenvalue weighted by atomic mass is 16.5. The summed E-state index contributed by atoms with van der Waals surface area (Å²) in [5.74, 6) is 0.610. The lowest BCUT2D eigenvalue weighted by Gasteiger charge is -2.07. The van der Waals surface area contributed by atoms with Crippen LogP contribution in [0.15, 0.2) is 24.3 Å². The first-order valence-electron chi connectivity index (χ1n) is 4.65. The van der Waals surface area contributed by atoms with Gasteiger partial charge in [0.05, 0.1) is 7.11 Å². The molecule has 0 saturated carbocycles. The van der Waals surface area contributed by atoms with Gasteiger partial charge in [-0.3, -0.25) is 9.59 Å². The maximum absolute atomic E-state index is 10.8. The van der Waals surface area contributed by atoms with E-state index >= 15 is 0 Å². The van der Waals surface area contributed by atoms with E-state index in [1.165, 1.54) is 20.1 Å². The van der Waals surface area contributed by atoms with Crippen LogP contribution < -0.4 is 9.47 Å². The van der Waals surface area contributed by atoms with Crippen molar-refractivity contribution in [3.05, 3.63) is 29.8 Å². The molecule has 0 saturated heterocycles. The maximum Gasteiger partial charge on any atom is 0.308 e. The summed E-state index contributed by atoms with van der Waals surface area (Å²) in [7, 11) is 1.54. The van der Waals surface area contributed by atoms with E-state index in [9.17, 15) is 9.59 Å². The molecule has 0 heterocycles. The maximum atomic E-state index is 10.8. The molecule has 0 bridgehead atoms. The zero-order valence-electron chi connectivity index (χ0n) is 9.10. The molecule has 0 spiro atoms. The van der Waals surface area contributed by atoms with Gasteiger partial charge < -0.3 is 9.47 Å². The molecule has 84 valence electrons.